The second-order valence-corrected chi connectivity index (χ2v) is 11.7. The van der Waals surface area contributed by atoms with E-state index in [0.717, 1.165) is 51.7 Å². The number of likely N-dealkylation sites (tertiary alicyclic amines) is 1. The maximum atomic E-state index is 12.9. The van der Waals surface area contributed by atoms with Gasteiger partial charge in [0.15, 0.2) is 0 Å². The Labute approximate surface area is 220 Å². The highest BCUT2D eigenvalue weighted by Crippen LogP contribution is 2.26. The molecule has 0 bridgehead atoms. The number of halogens is 1. The van der Waals surface area contributed by atoms with Crippen LogP contribution in [0.3, 0.4) is 0 Å². The number of nitrogens with zero attached hydrogens (tertiary/aromatic N) is 2. The van der Waals surface area contributed by atoms with Crippen LogP contribution in [0.25, 0.3) is 0 Å². The maximum absolute atomic E-state index is 12.9. The number of amides is 1. The molecule has 0 aromatic heterocycles. The molecule has 1 fully saturated rings. The molecule has 184 valence electrons. The summed E-state index contributed by atoms with van der Waals surface area (Å²) >= 11 is 2.34. The fourth-order valence-corrected chi connectivity index (χ4v) is 6.06. The van der Waals surface area contributed by atoms with Crippen molar-refractivity contribution in [2.24, 2.45) is 5.92 Å². The third-order valence-electron chi connectivity index (χ3n) is 6.67. The molecule has 0 N–H and O–H groups in total. The number of hydrogen-bond donors (Lipinski definition) is 0. The van der Waals surface area contributed by atoms with Gasteiger partial charge >= 0.3 is 0 Å². The molecule has 4 heteroatoms. The van der Waals surface area contributed by atoms with Crippen LogP contribution in [-0.4, -0.2) is 40.4 Å². The number of carbonyl (C=O) groups is 1. The zero-order valence-corrected chi connectivity index (χ0v) is 23.5. The van der Waals surface area contributed by atoms with Gasteiger partial charge in [-0.05, 0) is 75.1 Å². The molecule has 1 saturated heterocycles. The van der Waals surface area contributed by atoms with E-state index in [0.29, 0.717) is 17.9 Å². The lowest BCUT2D eigenvalue weighted by Gasteiger charge is -2.40. The van der Waals surface area contributed by atoms with E-state index >= 15 is 0 Å². The number of allylic oxidation sites excluding steroid dienone is 1. The highest BCUT2D eigenvalue weighted by atomic mass is 127. The molecule has 0 spiro atoms. The number of alkyl halides is 1. The summed E-state index contributed by atoms with van der Waals surface area (Å²) in [5.74, 6) is 0.880. The molecule has 2 aromatic rings. The number of carbonyl (C=O) groups excluding carboxylic acids is 1. The van der Waals surface area contributed by atoms with Gasteiger partial charge in [0.2, 0.25) is 5.91 Å². The molecular weight excluding hydrogens is 531 g/mol. The second-order valence-electron chi connectivity index (χ2n) is 10.2. The Kier molecular flexibility index (Phi) is 10.5. The van der Waals surface area contributed by atoms with Gasteiger partial charge in [-0.2, -0.15) is 0 Å². The van der Waals surface area contributed by atoms with Crippen molar-refractivity contribution in [2.45, 2.75) is 69.8 Å². The van der Waals surface area contributed by atoms with Crippen molar-refractivity contribution < 1.29 is 4.79 Å². The predicted octanol–water partition coefficient (Wildman–Crippen LogP) is 7.09. The lowest BCUT2D eigenvalue weighted by atomic mass is 9.99. The quantitative estimate of drug-likeness (QED) is 0.173. The van der Waals surface area contributed by atoms with Gasteiger partial charge in [0.25, 0.3) is 0 Å². The molecule has 1 heterocycles. The Balaban J connectivity index is 1.63. The molecule has 1 atom stereocenters. The van der Waals surface area contributed by atoms with Gasteiger partial charge in [0.1, 0.15) is 0 Å². The Hall–Kier alpha value is -1.82. The Morgan fingerprint density at radius 3 is 2.15 bits per heavy atom. The molecule has 1 unspecified atom stereocenters. The van der Waals surface area contributed by atoms with Crippen LogP contribution in [0.15, 0.2) is 66.2 Å². The largest absolute Gasteiger partial charge is 0.365 e. The van der Waals surface area contributed by atoms with Crippen LogP contribution in [0.2, 0.25) is 0 Å². The summed E-state index contributed by atoms with van der Waals surface area (Å²) in [5.41, 5.74) is 5.41. The van der Waals surface area contributed by atoms with Crippen molar-refractivity contribution in [2.75, 3.05) is 24.5 Å². The maximum Gasteiger partial charge on any atom is 0.235 e. The number of anilines is 1. The highest BCUT2D eigenvalue weighted by Gasteiger charge is 2.29. The summed E-state index contributed by atoms with van der Waals surface area (Å²) in [6.45, 7) is 11.4. The van der Waals surface area contributed by atoms with E-state index in [1.807, 2.05) is 0 Å². The average Bonchev–Trinajstić information content (AvgIpc) is 2.83. The lowest BCUT2D eigenvalue weighted by molar-refractivity contribution is -0.131. The summed E-state index contributed by atoms with van der Waals surface area (Å²) in [5, 5.41) is 0. The summed E-state index contributed by atoms with van der Waals surface area (Å²) in [6, 6.07) is 20.3. The smallest absolute Gasteiger partial charge is 0.235 e. The van der Waals surface area contributed by atoms with E-state index in [1.54, 1.807) is 0 Å². The fourth-order valence-electron chi connectivity index (χ4n) is 4.64. The van der Waals surface area contributed by atoms with E-state index in [2.05, 4.69) is 121 Å². The van der Waals surface area contributed by atoms with Crippen molar-refractivity contribution in [1.29, 1.82) is 0 Å². The summed E-state index contributed by atoms with van der Waals surface area (Å²) in [4.78, 5) is 17.5. The van der Waals surface area contributed by atoms with Crippen LogP contribution >= 0.6 is 22.6 Å². The minimum Gasteiger partial charge on any atom is -0.365 e. The third kappa shape index (κ3) is 8.14. The van der Waals surface area contributed by atoms with Crippen LogP contribution in [0.4, 0.5) is 5.69 Å². The van der Waals surface area contributed by atoms with E-state index in [-0.39, 0.29) is 3.92 Å². The molecule has 1 aliphatic rings. The number of benzene rings is 2. The SMILES string of the molecule is CC(C)=CCN(c1ccc(CCc2ccccc2)cc1)C1CCN(C(=O)C(I)CC(C)C)CC1. The number of piperidine rings is 1. The van der Waals surface area contributed by atoms with Gasteiger partial charge in [-0.25, -0.2) is 0 Å². The normalized spacial score (nSPS) is 15.3. The second kappa shape index (κ2) is 13.3. The molecule has 0 saturated carbocycles. The van der Waals surface area contributed by atoms with Crippen molar-refractivity contribution >= 4 is 34.2 Å². The van der Waals surface area contributed by atoms with Gasteiger partial charge < -0.3 is 9.80 Å². The standard InChI is InChI=1S/C30H41IN2O/c1-23(2)16-21-33(28-17-19-32(20-18-28)30(34)29(31)22-24(3)4)27-14-12-26(13-15-27)11-10-25-8-6-5-7-9-25/h5-9,12-16,24,28-29H,10-11,17-22H2,1-4H3. The molecule has 1 aliphatic heterocycles. The van der Waals surface area contributed by atoms with Gasteiger partial charge in [-0.1, -0.05) is 90.6 Å². The Morgan fingerprint density at radius 2 is 1.59 bits per heavy atom. The van der Waals surface area contributed by atoms with Crippen LogP contribution in [0.5, 0.6) is 0 Å². The molecule has 3 nitrogen and oxygen atoms in total. The van der Waals surface area contributed by atoms with Crippen LogP contribution < -0.4 is 4.90 Å². The molecule has 0 radical (unpaired) electrons. The fraction of sp³-hybridized carbons (Fsp3) is 0.500. The molecule has 34 heavy (non-hydrogen) atoms. The summed E-state index contributed by atoms with van der Waals surface area (Å²) in [6.07, 6.45) is 7.48. The molecule has 0 aliphatic carbocycles. The zero-order chi connectivity index (χ0) is 24.5. The van der Waals surface area contributed by atoms with Crippen LogP contribution in [0, 0.1) is 5.92 Å². The number of rotatable bonds is 10. The van der Waals surface area contributed by atoms with E-state index < -0.39 is 0 Å². The van der Waals surface area contributed by atoms with E-state index in [9.17, 15) is 4.79 Å². The Morgan fingerprint density at radius 1 is 1.00 bits per heavy atom. The summed E-state index contributed by atoms with van der Waals surface area (Å²) < 4.78 is 0.0966. The average molecular weight is 573 g/mol. The van der Waals surface area contributed by atoms with Crippen molar-refractivity contribution in [3.05, 3.63) is 77.4 Å². The lowest BCUT2D eigenvalue weighted by Crippen LogP contribution is -2.48. The molecule has 2 aromatic carbocycles. The van der Waals surface area contributed by atoms with Crippen molar-refractivity contribution in [3.8, 4) is 0 Å². The van der Waals surface area contributed by atoms with E-state index in [1.165, 1.54) is 22.4 Å². The van der Waals surface area contributed by atoms with Crippen LogP contribution in [0.1, 0.15) is 58.1 Å². The minimum atomic E-state index is 0.0966. The first-order valence-electron chi connectivity index (χ1n) is 12.8. The first-order chi connectivity index (χ1) is 16.3. The van der Waals surface area contributed by atoms with E-state index in [4.69, 9.17) is 0 Å². The van der Waals surface area contributed by atoms with Gasteiger partial charge in [-0.3, -0.25) is 4.79 Å². The first-order valence-corrected chi connectivity index (χ1v) is 14.0. The minimum absolute atomic E-state index is 0.0966. The molecule has 1 amide bonds. The predicted molar refractivity (Wildman–Crippen MR) is 154 cm³/mol. The highest BCUT2D eigenvalue weighted by molar-refractivity contribution is 14.1. The number of hydrogen-bond acceptors (Lipinski definition) is 2. The summed E-state index contributed by atoms with van der Waals surface area (Å²) in [7, 11) is 0. The topological polar surface area (TPSA) is 23.6 Å². The molecule has 3 rings (SSSR count). The van der Waals surface area contributed by atoms with Gasteiger partial charge in [0.05, 0.1) is 3.92 Å². The monoisotopic (exact) mass is 572 g/mol. The van der Waals surface area contributed by atoms with Crippen molar-refractivity contribution in [1.82, 2.24) is 4.90 Å². The zero-order valence-electron chi connectivity index (χ0n) is 21.3. The molecular formula is C30H41IN2O. The van der Waals surface area contributed by atoms with Crippen LogP contribution in [-0.2, 0) is 17.6 Å². The van der Waals surface area contributed by atoms with Gasteiger partial charge in [-0.15, -0.1) is 0 Å². The Bertz CT molecular complexity index is 911. The number of aryl methyl sites for hydroxylation is 2. The van der Waals surface area contributed by atoms with Crippen molar-refractivity contribution in [3.63, 3.8) is 0 Å². The first kappa shape index (κ1) is 26.8. The van der Waals surface area contributed by atoms with Gasteiger partial charge in [0, 0.05) is 31.4 Å². The third-order valence-corrected chi connectivity index (χ3v) is 7.71.